The molecule has 0 aromatic heterocycles. The van der Waals surface area contributed by atoms with Crippen LogP contribution < -0.4 is 4.74 Å². The van der Waals surface area contributed by atoms with Crippen LogP contribution in [0.3, 0.4) is 0 Å². The van der Waals surface area contributed by atoms with E-state index in [9.17, 15) is 13.2 Å². The van der Waals surface area contributed by atoms with E-state index in [1.54, 1.807) is 19.3 Å². The lowest BCUT2D eigenvalue weighted by Gasteiger charge is -2.37. The lowest BCUT2D eigenvalue weighted by molar-refractivity contribution is -0.127. The fourth-order valence-corrected chi connectivity index (χ4v) is 5.12. The van der Waals surface area contributed by atoms with Gasteiger partial charge in [0.05, 0.1) is 18.6 Å². The lowest BCUT2D eigenvalue weighted by atomic mass is 10.1. The van der Waals surface area contributed by atoms with Gasteiger partial charge in [-0.25, -0.2) is 8.42 Å². The highest BCUT2D eigenvalue weighted by Gasteiger charge is 2.34. The van der Waals surface area contributed by atoms with Crippen molar-refractivity contribution in [2.24, 2.45) is 0 Å². The average molecular weight is 364 g/mol. The van der Waals surface area contributed by atoms with Crippen molar-refractivity contribution in [2.75, 3.05) is 44.8 Å². The molecule has 0 saturated carbocycles. The highest BCUT2D eigenvalue weighted by molar-refractivity contribution is 7.91. The predicted octanol–water partition coefficient (Wildman–Crippen LogP) is 1.04. The number of hydrogen-bond donors (Lipinski definition) is 0. The van der Waals surface area contributed by atoms with E-state index < -0.39 is 9.84 Å². The molecule has 2 saturated heterocycles. The van der Waals surface area contributed by atoms with Crippen LogP contribution in [0.2, 0.25) is 0 Å². The summed E-state index contributed by atoms with van der Waals surface area (Å²) in [5, 5.41) is 0. The van der Waals surface area contributed by atoms with E-state index in [-0.39, 0.29) is 17.7 Å². The van der Waals surface area contributed by atoms with Crippen LogP contribution in [0.1, 0.15) is 12.0 Å². The molecule has 25 heavy (non-hydrogen) atoms. The van der Waals surface area contributed by atoms with E-state index in [0.29, 0.717) is 25.3 Å². The molecule has 0 radical (unpaired) electrons. The zero-order valence-corrected chi connectivity index (χ0v) is 15.2. The number of ether oxygens (including phenoxy) is 1. The zero-order chi connectivity index (χ0) is 17.9. The number of carbonyl (C=O) groups is 1. The van der Waals surface area contributed by atoms with Crippen LogP contribution in [-0.4, -0.2) is 75.0 Å². The molecule has 0 spiro atoms. The van der Waals surface area contributed by atoms with Crippen molar-refractivity contribution < 1.29 is 17.9 Å². The molecule has 1 aromatic rings. The highest BCUT2D eigenvalue weighted by atomic mass is 32.2. The molecule has 1 atom stereocenters. The minimum Gasteiger partial charge on any atom is -0.497 e. The van der Waals surface area contributed by atoms with Gasteiger partial charge in [0.1, 0.15) is 5.75 Å². The van der Waals surface area contributed by atoms with Crippen molar-refractivity contribution in [1.29, 1.82) is 0 Å². The van der Waals surface area contributed by atoms with Gasteiger partial charge in [-0.3, -0.25) is 9.69 Å². The van der Waals surface area contributed by atoms with Gasteiger partial charge < -0.3 is 9.64 Å². The molecule has 6 nitrogen and oxygen atoms in total. The number of methoxy groups -OCH3 is 1. The molecule has 0 aliphatic carbocycles. The Balaban J connectivity index is 1.50. The van der Waals surface area contributed by atoms with Gasteiger partial charge in [0.25, 0.3) is 0 Å². The molecular formula is C18H24N2O4S. The Labute approximate surface area is 149 Å². The summed E-state index contributed by atoms with van der Waals surface area (Å²) < 4.78 is 28.3. The Morgan fingerprint density at radius 3 is 2.40 bits per heavy atom. The third-order valence-corrected chi connectivity index (χ3v) is 6.64. The second kappa shape index (κ2) is 7.58. The number of benzene rings is 1. The third-order valence-electron chi connectivity index (χ3n) is 4.88. The van der Waals surface area contributed by atoms with Crippen molar-refractivity contribution in [3.63, 3.8) is 0 Å². The van der Waals surface area contributed by atoms with Gasteiger partial charge in [0.2, 0.25) is 5.91 Å². The number of piperazine rings is 1. The maximum absolute atomic E-state index is 12.3. The highest BCUT2D eigenvalue weighted by Crippen LogP contribution is 2.19. The van der Waals surface area contributed by atoms with Gasteiger partial charge in [-0.1, -0.05) is 12.1 Å². The average Bonchev–Trinajstić information content (AvgIpc) is 3.00. The van der Waals surface area contributed by atoms with Gasteiger partial charge in [-0.2, -0.15) is 0 Å². The minimum absolute atomic E-state index is 0.00508. The van der Waals surface area contributed by atoms with Crippen molar-refractivity contribution >= 4 is 21.8 Å². The number of carbonyl (C=O) groups excluding carboxylic acids is 1. The summed E-state index contributed by atoms with van der Waals surface area (Å²) in [5.41, 5.74) is 0.948. The predicted molar refractivity (Wildman–Crippen MR) is 97.2 cm³/mol. The number of rotatable bonds is 4. The van der Waals surface area contributed by atoms with Gasteiger partial charge in [-0.05, 0) is 30.2 Å². The van der Waals surface area contributed by atoms with E-state index in [0.717, 1.165) is 24.4 Å². The molecular weight excluding hydrogens is 340 g/mol. The minimum atomic E-state index is -2.86. The third kappa shape index (κ3) is 4.61. The molecule has 3 rings (SSSR count). The number of amides is 1. The summed E-state index contributed by atoms with van der Waals surface area (Å²) in [7, 11) is -1.24. The maximum Gasteiger partial charge on any atom is 0.246 e. The van der Waals surface area contributed by atoms with Crippen LogP contribution in [0, 0.1) is 0 Å². The van der Waals surface area contributed by atoms with Crippen LogP contribution in [0.25, 0.3) is 6.08 Å². The van der Waals surface area contributed by atoms with Crippen molar-refractivity contribution in [3.05, 3.63) is 35.9 Å². The Hall–Kier alpha value is -1.86. The van der Waals surface area contributed by atoms with Gasteiger partial charge in [-0.15, -0.1) is 0 Å². The van der Waals surface area contributed by atoms with Crippen molar-refractivity contribution in [2.45, 2.75) is 12.5 Å². The fraction of sp³-hybridized carbons (Fsp3) is 0.500. The topological polar surface area (TPSA) is 66.9 Å². The maximum atomic E-state index is 12.3. The molecule has 1 amide bonds. The SMILES string of the molecule is COc1ccc(/C=C/C(=O)N2CCN([C@@H]3CCS(=O)(=O)C3)CC2)cc1. The van der Waals surface area contributed by atoms with Crippen LogP contribution in [0.15, 0.2) is 30.3 Å². The first-order valence-electron chi connectivity index (χ1n) is 8.52. The van der Waals surface area contributed by atoms with Crippen LogP contribution >= 0.6 is 0 Å². The molecule has 136 valence electrons. The second-order valence-electron chi connectivity index (χ2n) is 6.52. The summed E-state index contributed by atoms with van der Waals surface area (Å²) in [4.78, 5) is 16.4. The van der Waals surface area contributed by atoms with Gasteiger partial charge >= 0.3 is 0 Å². The van der Waals surface area contributed by atoms with Crippen molar-refractivity contribution in [3.8, 4) is 5.75 Å². The number of hydrogen-bond acceptors (Lipinski definition) is 5. The second-order valence-corrected chi connectivity index (χ2v) is 8.75. The van der Waals surface area contributed by atoms with E-state index in [2.05, 4.69) is 4.90 Å². The Bertz CT molecular complexity index is 735. The molecule has 0 bridgehead atoms. The number of nitrogens with zero attached hydrogens (tertiary/aromatic N) is 2. The first-order chi connectivity index (χ1) is 12.0. The first-order valence-corrected chi connectivity index (χ1v) is 10.3. The summed E-state index contributed by atoms with van der Waals surface area (Å²) in [5.74, 6) is 1.34. The van der Waals surface area contributed by atoms with E-state index in [4.69, 9.17) is 4.74 Å². The van der Waals surface area contributed by atoms with E-state index >= 15 is 0 Å². The normalized spacial score (nSPS) is 23.9. The molecule has 2 aliphatic heterocycles. The Kier molecular flexibility index (Phi) is 5.44. The zero-order valence-electron chi connectivity index (χ0n) is 14.4. The standard InChI is InChI=1S/C18H24N2O4S/c1-24-17-5-2-15(3-6-17)4-7-18(21)20-11-9-19(10-12-20)16-8-13-25(22,23)14-16/h2-7,16H,8-14H2,1H3/b7-4+/t16-/m1/s1. The first kappa shape index (κ1) is 17.9. The molecule has 7 heteroatoms. The Morgan fingerprint density at radius 2 is 1.84 bits per heavy atom. The quantitative estimate of drug-likeness (QED) is 0.747. The van der Waals surface area contributed by atoms with E-state index in [1.165, 1.54) is 0 Å². The molecule has 1 aromatic carbocycles. The molecule has 0 unspecified atom stereocenters. The molecule has 2 aliphatic rings. The number of sulfone groups is 1. The van der Waals surface area contributed by atoms with Crippen LogP contribution in [0.5, 0.6) is 5.75 Å². The van der Waals surface area contributed by atoms with Crippen LogP contribution in [0.4, 0.5) is 0 Å². The molecule has 2 heterocycles. The van der Waals surface area contributed by atoms with Gasteiger partial charge in [0.15, 0.2) is 9.84 Å². The van der Waals surface area contributed by atoms with E-state index in [1.807, 2.05) is 29.2 Å². The van der Waals surface area contributed by atoms with Crippen molar-refractivity contribution in [1.82, 2.24) is 9.80 Å². The molecule has 0 N–H and O–H groups in total. The summed E-state index contributed by atoms with van der Waals surface area (Å²) in [6, 6.07) is 7.65. The summed E-state index contributed by atoms with van der Waals surface area (Å²) in [6.07, 6.45) is 4.11. The van der Waals surface area contributed by atoms with Gasteiger partial charge in [0, 0.05) is 38.3 Å². The monoisotopic (exact) mass is 364 g/mol. The smallest absolute Gasteiger partial charge is 0.246 e. The molecule has 2 fully saturated rings. The fourth-order valence-electron chi connectivity index (χ4n) is 3.36. The Morgan fingerprint density at radius 1 is 1.16 bits per heavy atom. The summed E-state index contributed by atoms with van der Waals surface area (Å²) in [6.45, 7) is 2.76. The largest absolute Gasteiger partial charge is 0.497 e. The lowest BCUT2D eigenvalue weighted by Crippen LogP contribution is -2.52. The summed E-state index contributed by atoms with van der Waals surface area (Å²) >= 11 is 0. The van der Waals surface area contributed by atoms with Crippen LogP contribution in [-0.2, 0) is 14.6 Å².